The molecule has 0 aliphatic carbocycles. The molecule has 1 aromatic carbocycles. The van der Waals surface area contributed by atoms with E-state index in [1.54, 1.807) is 6.07 Å². The van der Waals surface area contributed by atoms with E-state index < -0.39 is 4.92 Å². The van der Waals surface area contributed by atoms with Gasteiger partial charge in [-0.15, -0.1) is 0 Å². The van der Waals surface area contributed by atoms with Crippen molar-refractivity contribution in [2.75, 3.05) is 20.6 Å². The Bertz CT molecular complexity index is 506. The lowest BCUT2D eigenvalue weighted by molar-refractivity contribution is -0.385. The van der Waals surface area contributed by atoms with Gasteiger partial charge in [0.25, 0.3) is 11.6 Å². The molecule has 6 nitrogen and oxygen atoms in total. The quantitative estimate of drug-likeness (QED) is 0.635. The Morgan fingerprint density at radius 1 is 1.50 bits per heavy atom. The average molecular weight is 344 g/mol. The van der Waals surface area contributed by atoms with Crippen LogP contribution < -0.4 is 5.32 Å². The van der Waals surface area contributed by atoms with Gasteiger partial charge in [-0.3, -0.25) is 14.9 Å². The molecule has 0 heterocycles. The summed E-state index contributed by atoms with van der Waals surface area (Å²) in [6.07, 6.45) is 0.817. The molecule has 0 saturated heterocycles. The minimum atomic E-state index is -0.518. The van der Waals surface area contributed by atoms with Crippen molar-refractivity contribution >= 4 is 27.5 Å². The molecule has 0 saturated carbocycles. The Morgan fingerprint density at radius 2 is 2.15 bits per heavy atom. The summed E-state index contributed by atoms with van der Waals surface area (Å²) in [6.45, 7) is 2.77. The van der Waals surface area contributed by atoms with Gasteiger partial charge >= 0.3 is 0 Å². The first kappa shape index (κ1) is 16.6. The van der Waals surface area contributed by atoms with Crippen LogP contribution in [0.3, 0.4) is 0 Å². The van der Waals surface area contributed by atoms with E-state index >= 15 is 0 Å². The van der Waals surface area contributed by atoms with Crippen LogP contribution in [0, 0.1) is 10.1 Å². The van der Waals surface area contributed by atoms with Crippen LogP contribution in [0.2, 0.25) is 0 Å². The maximum Gasteiger partial charge on any atom is 0.284 e. The first-order chi connectivity index (χ1) is 9.31. The largest absolute Gasteiger partial charge is 0.350 e. The molecule has 110 valence electrons. The second kappa shape index (κ2) is 7.35. The Labute approximate surface area is 126 Å². The number of halogens is 1. The molecule has 0 bridgehead atoms. The monoisotopic (exact) mass is 343 g/mol. The molecule has 0 spiro atoms. The second-order valence-corrected chi connectivity index (χ2v) is 5.74. The Balaban J connectivity index is 2.73. The molecule has 0 fully saturated rings. The van der Waals surface area contributed by atoms with Crippen molar-refractivity contribution in [2.24, 2.45) is 0 Å². The number of hydrogen-bond donors (Lipinski definition) is 1. The molecule has 1 unspecified atom stereocenters. The molecule has 7 heteroatoms. The highest BCUT2D eigenvalue weighted by atomic mass is 79.9. The Kier molecular flexibility index (Phi) is 6.09. The normalized spacial score (nSPS) is 12.2. The number of nitro groups is 1. The summed E-state index contributed by atoms with van der Waals surface area (Å²) in [5.74, 6) is -0.299. The fourth-order valence-electron chi connectivity index (χ4n) is 1.62. The minimum Gasteiger partial charge on any atom is -0.350 e. The zero-order chi connectivity index (χ0) is 15.3. The Morgan fingerprint density at radius 3 is 2.70 bits per heavy atom. The molecule has 1 rings (SSSR count). The molecule has 1 atom stereocenters. The van der Waals surface area contributed by atoms with Crippen LogP contribution in [0.1, 0.15) is 23.7 Å². The van der Waals surface area contributed by atoms with Crippen molar-refractivity contribution in [2.45, 2.75) is 19.4 Å². The first-order valence-electron chi connectivity index (χ1n) is 6.20. The molecule has 0 aliphatic heterocycles. The number of benzene rings is 1. The summed E-state index contributed by atoms with van der Waals surface area (Å²) in [5.41, 5.74) is 0.176. The lowest BCUT2D eigenvalue weighted by Gasteiger charge is -2.16. The number of nitrogens with zero attached hydrogens (tertiary/aromatic N) is 2. The molecule has 0 aromatic heterocycles. The molecular weight excluding hydrogens is 326 g/mol. The van der Waals surface area contributed by atoms with E-state index in [-0.39, 0.29) is 23.2 Å². The topological polar surface area (TPSA) is 75.5 Å². The van der Waals surface area contributed by atoms with Crippen molar-refractivity contribution in [3.05, 3.63) is 38.3 Å². The van der Waals surface area contributed by atoms with Crippen molar-refractivity contribution in [1.82, 2.24) is 10.2 Å². The fourth-order valence-corrected chi connectivity index (χ4v) is 2.02. The summed E-state index contributed by atoms with van der Waals surface area (Å²) in [4.78, 5) is 24.4. The van der Waals surface area contributed by atoms with Gasteiger partial charge in [-0.2, -0.15) is 0 Å². The third-order valence-electron chi connectivity index (χ3n) is 2.79. The van der Waals surface area contributed by atoms with Crippen LogP contribution in [-0.4, -0.2) is 42.4 Å². The summed E-state index contributed by atoms with van der Waals surface area (Å²) < 4.78 is 0.361. The average Bonchev–Trinajstić information content (AvgIpc) is 2.36. The number of amides is 1. The van der Waals surface area contributed by atoms with E-state index in [2.05, 4.69) is 21.2 Å². The summed E-state index contributed by atoms with van der Waals surface area (Å²) in [5, 5.41) is 13.7. The van der Waals surface area contributed by atoms with E-state index in [1.807, 2.05) is 25.9 Å². The Hall–Kier alpha value is -1.47. The molecule has 1 aromatic rings. The van der Waals surface area contributed by atoms with Gasteiger partial charge in [-0.05, 0) is 62.0 Å². The molecular formula is C13H18BrN3O3. The number of carbonyl (C=O) groups is 1. The first-order valence-corrected chi connectivity index (χ1v) is 7.00. The lowest BCUT2D eigenvalue weighted by atomic mass is 10.1. The third kappa shape index (κ3) is 4.90. The maximum absolute atomic E-state index is 12.0. The van der Waals surface area contributed by atoms with Crippen molar-refractivity contribution < 1.29 is 9.72 Å². The smallest absolute Gasteiger partial charge is 0.284 e. The van der Waals surface area contributed by atoms with E-state index in [1.165, 1.54) is 12.1 Å². The zero-order valence-corrected chi connectivity index (χ0v) is 13.3. The van der Waals surface area contributed by atoms with Gasteiger partial charge in [0, 0.05) is 17.7 Å². The van der Waals surface area contributed by atoms with Crippen LogP contribution in [0.25, 0.3) is 0 Å². The van der Waals surface area contributed by atoms with Crippen LogP contribution in [0.5, 0.6) is 0 Å². The van der Waals surface area contributed by atoms with Gasteiger partial charge < -0.3 is 10.2 Å². The van der Waals surface area contributed by atoms with E-state index in [0.29, 0.717) is 4.47 Å². The van der Waals surface area contributed by atoms with Gasteiger partial charge in [-0.25, -0.2) is 0 Å². The fraction of sp³-hybridized carbons (Fsp3) is 0.462. The highest BCUT2D eigenvalue weighted by molar-refractivity contribution is 9.10. The van der Waals surface area contributed by atoms with Crippen LogP contribution in [0.4, 0.5) is 5.69 Å². The standard InChI is InChI=1S/C13H18BrN3O3/c1-9(6-7-16(2)3)15-13(18)10-4-5-11(14)12(8-10)17(19)20/h4-5,8-9H,6-7H2,1-3H3,(H,15,18). The summed E-state index contributed by atoms with van der Waals surface area (Å²) in [6, 6.07) is 4.35. The second-order valence-electron chi connectivity index (χ2n) is 4.89. The van der Waals surface area contributed by atoms with E-state index in [4.69, 9.17) is 0 Å². The van der Waals surface area contributed by atoms with Crippen molar-refractivity contribution in [3.63, 3.8) is 0 Å². The van der Waals surface area contributed by atoms with E-state index in [0.717, 1.165) is 13.0 Å². The lowest BCUT2D eigenvalue weighted by Crippen LogP contribution is -2.34. The van der Waals surface area contributed by atoms with Gasteiger partial charge in [0.15, 0.2) is 0 Å². The molecule has 0 aliphatic rings. The van der Waals surface area contributed by atoms with Crippen LogP contribution in [0.15, 0.2) is 22.7 Å². The number of nitrogens with one attached hydrogen (secondary N) is 1. The minimum absolute atomic E-state index is 0.00704. The maximum atomic E-state index is 12.0. The molecule has 0 radical (unpaired) electrons. The molecule has 20 heavy (non-hydrogen) atoms. The summed E-state index contributed by atoms with van der Waals surface area (Å²) >= 11 is 3.09. The predicted molar refractivity (Wildman–Crippen MR) is 80.9 cm³/mol. The van der Waals surface area contributed by atoms with Crippen molar-refractivity contribution in [3.8, 4) is 0 Å². The number of hydrogen-bond acceptors (Lipinski definition) is 4. The van der Waals surface area contributed by atoms with Gasteiger partial charge in [0.2, 0.25) is 0 Å². The van der Waals surface area contributed by atoms with Gasteiger partial charge in [-0.1, -0.05) is 0 Å². The third-order valence-corrected chi connectivity index (χ3v) is 3.46. The highest BCUT2D eigenvalue weighted by Gasteiger charge is 2.17. The SMILES string of the molecule is CC(CCN(C)C)NC(=O)c1ccc(Br)c([N+](=O)[O-])c1. The highest BCUT2D eigenvalue weighted by Crippen LogP contribution is 2.25. The number of carbonyl (C=O) groups excluding carboxylic acids is 1. The van der Waals surface area contributed by atoms with Gasteiger partial charge in [0.1, 0.15) is 0 Å². The van der Waals surface area contributed by atoms with Crippen molar-refractivity contribution in [1.29, 1.82) is 0 Å². The number of rotatable bonds is 6. The zero-order valence-electron chi connectivity index (χ0n) is 11.7. The predicted octanol–water partition coefficient (Wildman–Crippen LogP) is 2.43. The molecule has 1 N–H and O–H groups in total. The van der Waals surface area contributed by atoms with Gasteiger partial charge in [0.05, 0.1) is 9.40 Å². The van der Waals surface area contributed by atoms with Crippen LogP contribution >= 0.6 is 15.9 Å². The van der Waals surface area contributed by atoms with E-state index in [9.17, 15) is 14.9 Å². The van der Waals surface area contributed by atoms with Crippen LogP contribution in [-0.2, 0) is 0 Å². The number of nitro benzene ring substituents is 1. The molecule has 1 amide bonds. The summed E-state index contributed by atoms with van der Waals surface area (Å²) in [7, 11) is 3.93.